The molecule has 2 aromatic carbocycles. The van der Waals surface area contributed by atoms with E-state index >= 15 is 0 Å². The molecule has 4 rings (SSSR count). The van der Waals surface area contributed by atoms with Crippen molar-refractivity contribution in [3.63, 3.8) is 0 Å². The van der Waals surface area contributed by atoms with Crippen LogP contribution in [-0.4, -0.2) is 61.1 Å². The molecule has 156 valence electrons. The van der Waals surface area contributed by atoms with E-state index in [1.165, 1.54) is 0 Å². The first-order valence-electron chi connectivity index (χ1n) is 9.92. The molecule has 0 aliphatic carbocycles. The van der Waals surface area contributed by atoms with Crippen molar-refractivity contribution in [3.05, 3.63) is 64.5 Å². The standard InChI is InChI=1S/C23H25N3O3S/c1-28-19-9-6-10-20(29-2)22(19)23(27)26-13-11-25(12-14-26)15-21-24-18(16-30-21)17-7-4-3-5-8-17/h3-10,16H,11-15H2,1-2H3. The van der Waals surface area contributed by atoms with E-state index in [0.29, 0.717) is 30.2 Å². The molecule has 2 heterocycles. The highest BCUT2D eigenvalue weighted by molar-refractivity contribution is 7.09. The van der Waals surface area contributed by atoms with E-state index in [0.717, 1.165) is 35.9 Å². The van der Waals surface area contributed by atoms with Gasteiger partial charge in [-0.2, -0.15) is 0 Å². The summed E-state index contributed by atoms with van der Waals surface area (Å²) in [5.41, 5.74) is 2.65. The molecule has 7 heteroatoms. The molecule has 0 atom stereocenters. The Morgan fingerprint density at radius 3 is 2.27 bits per heavy atom. The number of ether oxygens (including phenoxy) is 2. The van der Waals surface area contributed by atoms with Crippen LogP contribution in [0.2, 0.25) is 0 Å². The second kappa shape index (κ2) is 9.28. The number of benzene rings is 2. The van der Waals surface area contributed by atoms with Crippen LogP contribution >= 0.6 is 11.3 Å². The number of piperazine rings is 1. The number of aromatic nitrogens is 1. The van der Waals surface area contributed by atoms with E-state index in [9.17, 15) is 4.79 Å². The summed E-state index contributed by atoms with van der Waals surface area (Å²) in [7, 11) is 3.14. The van der Waals surface area contributed by atoms with Crippen molar-refractivity contribution in [2.24, 2.45) is 0 Å². The van der Waals surface area contributed by atoms with Crippen molar-refractivity contribution in [2.45, 2.75) is 6.54 Å². The average molecular weight is 424 g/mol. The molecule has 1 amide bonds. The lowest BCUT2D eigenvalue weighted by Crippen LogP contribution is -2.48. The van der Waals surface area contributed by atoms with Crippen molar-refractivity contribution in [1.82, 2.24) is 14.8 Å². The number of hydrogen-bond donors (Lipinski definition) is 0. The number of thiazole rings is 1. The Kier molecular flexibility index (Phi) is 6.30. The SMILES string of the molecule is COc1cccc(OC)c1C(=O)N1CCN(Cc2nc(-c3ccccc3)cs2)CC1. The molecule has 0 spiro atoms. The fourth-order valence-corrected chi connectivity index (χ4v) is 4.49. The number of methoxy groups -OCH3 is 2. The second-order valence-electron chi connectivity index (χ2n) is 7.10. The fourth-order valence-electron chi connectivity index (χ4n) is 3.65. The van der Waals surface area contributed by atoms with E-state index in [2.05, 4.69) is 22.4 Å². The van der Waals surface area contributed by atoms with Gasteiger partial charge in [0, 0.05) is 37.1 Å². The van der Waals surface area contributed by atoms with Crippen LogP contribution in [0.4, 0.5) is 0 Å². The second-order valence-corrected chi connectivity index (χ2v) is 8.04. The molecule has 0 bridgehead atoms. The quantitative estimate of drug-likeness (QED) is 0.604. The molecule has 1 aliphatic rings. The van der Waals surface area contributed by atoms with Gasteiger partial charge in [0.05, 0.1) is 26.5 Å². The first-order valence-corrected chi connectivity index (χ1v) is 10.8. The third-order valence-corrected chi connectivity index (χ3v) is 6.11. The average Bonchev–Trinajstić information content (AvgIpc) is 3.27. The van der Waals surface area contributed by atoms with Gasteiger partial charge in [-0.3, -0.25) is 9.69 Å². The van der Waals surface area contributed by atoms with Crippen molar-refractivity contribution in [1.29, 1.82) is 0 Å². The first kappa shape index (κ1) is 20.4. The topological polar surface area (TPSA) is 54.9 Å². The van der Waals surface area contributed by atoms with Gasteiger partial charge >= 0.3 is 0 Å². The lowest BCUT2D eigenvalue weighted by atomic mass is 10.1. The van der Waals surface area contributed by atoms with Crippen LogP contribution in [0.15, 0.2) is 53.9 Å². The van der Waals surface area contributed by atoms with Gasteiger partial charge in [0.15, 0.2) is 0 Å². The Morgan fingerprint density at radius 2 is 1.63 bits per heavy atom. The summed E-state index contributed by atoms with van der Waals surface area (Å²) in [6, 6.07) is 15.6. The normalized spacial score (nSPS) is 14.5. The van der Waals surface area contributed by atoms with Gasteiger partial charge in [-0.25, -0.2) is 4.98 Å². The number of carbonyl (C=O) groups is 1. The molecule has 0 unspecified atom stereocenters. The molecular weight excluding hydrogens is 398 g/mol. The Hall–Kier alpha value is -2.90. The third-order valence-electron chi connectivity index (χ3n) is 5.28. The summed E-state index contributed by atoms with van der Waals surface area (Å²) in [6.07, 6.45) is 0. The molecule has 1 aliphatic heterocycles. The van der Waals surface area contributed by atoms with E-state index in [-0.39, 0.29) is 5.91 Å². The van der Waals surface area contributed by atoms with Gasteiger partial charge in [-0.15, -0.1) is 11.3 Å². The van der Waals surface area contributed by atoms with Crippen LogP contribution in [-0.2, 0) is 6.54 Å². The Balaban J connectivity index is 1.38. The van der Waals surface area contributed by atoms with Crippen LogP contribution in [0, 0.1) is 0 Å². The van der Waals surface area contributed by atoms with E-state index in [1.54, 1.807) is 37.7 Å². The van der Waals surface area contributed by atoms with Crippen LogP contribution < -0.4 is 9.47 Å². The number of carbonyl (C=O) groups excluding carboxylic acids is 1. The highest BCUT2D eigenvalue weighted by Gasteiger charge is 2.27. The number of amides is 1. The Morgan fingerprint density at radius 1 is 0.967 bits per heavy atom. The third kappa shape index (κ3) is 4.32. The summed E-state index contributed by atoms with van der Waals surface area (Å²) in [6.45, 7) is 3.75. The van der Waals surface area contributed by atoms with Gasteiger partial charge in [0.1, 0.15) is 22.1 Å². The molecule has 30 heavy (non-hydrogen) atoms. The molecular formula is C23H25N3O3S. The molecule has 1 aromatic heterocycles. The predicted molar refractivity (Wildman–Crippen MR) is 118 cm³/mol. The first-order chi connectivity index (χ1) is 14.7. The smallest absolute Gasteiger partial charge is 0.261 e. The minimum absolute atomic E-state index is 0.0513. The lowest BCUT2D eigenvalue weighted by Gasteiger charge is -2.34. The van der Waals surface area contributed by atoms with Crippen LogP contribution in [0.5, 0.6) is 11.5 Å². The van der Waals surface area contributed by atoms with E-state index in [4.69, 9.17) is 14.5 Å². The molecule has 0 radical (unpaired) electrons. The number of rotatable bonds is 6. The van der Waals surface area contributed by atoms with Crippen LogP contribution in [0.25, 0.3) is 11.3 Å². The van der Waals surface area contributed by atoms with Gasteiger partial charge < -0.3 is 14.4 Å². The zero-order valence-corrected chi connectivity index (χ0v) is 18.0. The maximum Gasteiger partial charge on any atom is 0.261 e. The van der Waals surface area contributed by atoms with Crippen molar-refractivity contribution in [2.75, 3.05) is 40.4 Å². The van der Waals surface area contributed by atoms with Crippen molar-refractivity contribution < 1.29 is 14.3 Å². The summed E-state index contributed by atoms with van der Waals surface area (Å²) in [5.74, 6) is 1.03. The minimum Gasteiger partial charge on any atom is -0.496 e. The van der Waals surface area contributed by atoms with Gasteiger partial charge in [-0.1, -0.05) is 36.4 Å². The summed E-state index contributed by atoms with van der Waals surface area (Å²) in [4.78, 5) is 22.1. The van der Waals surface area contributed by atoms with E-state index in [1.807, 2.05) is 29.2 Å². The molecule has 1 fully saturated rings. The lowest BCUT2D eigenvalue weighted by molar-refractivity contribution is 0.0622. The highest BCUT2D eigenvalue weighted by atomic mass is 32.1. The van der Waals surface area contributed by atoms with Gasteiger partial charge in [0.2, 0.25) is 0 Å². The minimum atomic E-state index is -0.0513. The van der Waals surface area contributed by atoms with Crippen LogP contribution in [0.1, 0.15) is 15.4 Å². The zero-order valence-electron chi connectivity index (χ0n) is 17.2. The summed E-state index contributed by atoms with van der Waals surface area (Å²) >= 11 is 1.69. The molecule has 0 N–H and O–H groups in total. The predicted octanol–water partition coefficient (Wildman–Crippen LogP) is 3.79. The van der Waals surface area contributed by atoms with Crippen molar-refractivity contribution in [3.8, 4) is 22.8 Å². The van der Waals surface area contributed by atoms with Crippen molar-refractivity contribution >= 4 is 17.2 Å². The number of hydrogen-bond acceptors (Lipinski definition) is 6. The maximum atomic E-state index is 13.1. The molecule has 1 saturated heterocycles. The Labute approximate surface area is 180 Å². The fraction of sp³-hybridized carbons (Fsp3) is 0.304. The summed E-state index contributed by atoms with van der Waals surface area (Å²) in [5, 5.41) is 3.21. The summed E-state index contributed by atoms with van der Waals surface area (Å²) < 4.78 is 10.8. The largest absolute Gasteiger partial charge is 0.496 e. The molecule has 0 saturated carbocycles. The Bertz CT molecular complexity index is 976. The zero-order chi connectivity index (χ0) is 20.9. The molecule has 3 aromatic rings. The monoisotopic (exact) mass is 423 g/mol. The maximum absolute atomic E-state index is 13.1. The van der Waals surface area contributed by atoms with E-state index < -0.39 is 0 Å². The van der Waals surface area contributed by atoms with Crippen LogP contribution in [0.3, 0.4) is 0 Å². The highest BCUT2D eigenvalue weighted by Crippen LogP contribution is 2.30. The molecule has 6 nitrogen and oxygen atoms in total. The number of nitrogens with zero attached hydrogens (tertiary/aromatic N) is 3. The van der Waals surface area contributed by atoms with Gasteiger partial charge in [-0.05, 0) is 12.1 Å². The van der Waals surface area contributed by atoms with Gasteiger partial charge in [0.25, 0.3) is 5.91 Å².